The minimum Gasteiger partial charge on any atom is -0.476 e. The molecule has 3 rings (SSSR count). The van der Waals surface area contributed by atoms with Gasteiger partial charge in [-0.2, -0.15) is 4.98 Å². The van der Waals surface area contributed by atoms with E-state index in [0.29, 0.717) is 49.5 Å². The molecule has 0 atom stereocenters. The number of carbonyl (C=O) groups excluding carboxylic acids is 1. The number of aliphatic imine (C=N–C) groups is 1. The molecule has 1 saturated heterocycles. The highest BCUT2D eigenvalue weighted by Gasteiger charge is 2.16. The zero-order valence-electron chi connectivity index (χ0n) is 16.5. The first-order chi connectivity index (χ1) is 14.2. The SMILES string of the molecule is CNCCOc1cc(C=NCc2cccc(C(N)=O)c2)nc(N2CCOCC2)n1. The lowest BCUT2D eigenvalue weighted by Crippen LogP contribution is -2.37. The average molecular weight is 398 g/mol. The molecule has 29 heavy (non-hydrogen) atoms. The Morgan fingerprint density at radius 2 is 2.17 bits per heavy atom. The van der Waals surface area contributed by atoms with Gasteiger partial charge in [-0.25, -0.2) is 4.98 Å². The Labute approximate surface area is 170 Å². The highest BCUT2D eigenvalue weighted by Crippen LogP contribution is 2.16. The Bertz CT molecular complexity index is 852. The Kier molecular flexibility index (Phi) is 7.48. The molecule has 154 valence electrons. The van der Waals surface area contributed by atoms with Crippen molar-refractivity contribution in [2.24, 2.45) is 10.7 Å². The number of hydrogen-bond donors (Lipinski definition) is 2. The van der Waals surface area contributed by atoms with Gasteiger partial charge in [-0.3, -0.25) is 9.79 Å². The van der Waals surface area contributed by atoms with Gasteiger partial charge < -0.3 is 25.4 Å². The maximum Gasteiger partial charge on any atom is 0.248 e. The number of nitrogens with zero attached hydrogens (tertiary/aromatic N) is 4. The number of nitrogens with two attached hydrogens (primary N) is 1. The van der Waals surface area contributed by atoms with Crippen LogP contribution >= 0.6 is 0 Å². The molecular formula is C20H26N6O3. The van der Waals surface area contributed by atoms with Crippen LogP contribution in [0.5, 0.6) is 5.88 Å². The summed E-state index contributed by atoms with van der Waals surface area (Å²) in [5, 5.41) is 3.04. The summed E-state index contributed by atoms with van der Waals surface area (Å²) in [5.41, 5.74) is 7.35. The fraction of sp³-hybridized carbons (Fsp3) is 0.400. The molecule has 1 aliphatic heterocycles. The van der Waals surface area contributed by atoms with E-state index in [1.807, 2.05) is 13.1 Å². The number of likely N-dealkylation sites (N-methyl/N-ethyl adjacent to an activating group) is 1. The van der Waals surface area contributed by atoms with E-state index in [9.17, 15) is 4.79 Å². The molecule has 0 radical (unpaired) electrons. The van der Waals surface area contributed by atoms with E-state index < -0.39 is 5.91 Å². The maximum absolute atomic E-state index is 11.3. The molecule has 0 unspecified atom stereocenters. The van der Waals surface area contributed by atoms with Crippen molar-refractivity contribution in [3.63, 3.8) is 0 Å². The molecular weight excluding hydrogens is 372 g/mol. The zero-order chi connectivity index (χ0) is 20.5. The summed E-state index contributed by atoms with van der Waals surface area (Å²) < 4.78 is 11.1. The molecule has 9 nitrogen and oxygen atoms in total. The molecule has 2 aromatic rings. The molecule has 2 heterocycles. The number of anilines is 1. The summed E-state index contributed by atoms with van der Waals surface area (Å²) >= 11 is 0. The van der Waals surface area contributed by atoms with Gasteiger partial charge in [0.25, 0.3) is 0 Å². The average Bonchev–Trinajstić information content (AvgIpc) is 2.75. The lowest BCUT2D eigenvalue weighted by molar-refractivity contribution is 0.1000. The number of carbonyl (C=O) groups is 1. The van der Waals surface area contributed by atoms with Crippen molar-refractivity contribution < 1.29 is 14.3 Å². The summed E-state index contributed by atoms with van der Waals surface area (Å²) in [4.78, 5) is 27.0. The van der Waals surface area contributed by atoms with Crippen molar-refractivity contribution in [1.29, 1.82) is 0 Å². The Morgan fingerprint density at radius 1 is 1.34 bits per heavy atom. The third-order valence-electron chi connectivity index (χ3n) is 4.32. The predicted octanol–water partition coefficient (Wildman–Crippen LogP) is 0.629. The minimum absolute atomic E-state index is 0.411. The number of rotatable bonds is 9. The highest BCUT2D eigenvalue weighted by atomic mass is 16.5. The van der Waals surface area contributed by atoms with Gasteiger partial charge in [0.15, 0.2) is 0 Å². The van der Waals surface area contributed by atoms with Crippen LogP contribution in [0.25, 0.3) is 0 Å². The van der Waals surface area contributed by atoms with Gasteiger partial charge in [0.2, 0.25) is 17.7 Å². The summed E-state index contributed by atoms with van der Waals surface area (Å²) in [6.45, 7) is 4.39. The van der Waals surface area contributed by atoms with Crippen molar-refractivity contribution in [1.82, 2.24) is 15.3 Å². The smallest absolute Gasteiger partial charge is 0.248 e. The van der Waals surface area contributed by atoms with Gasteiger partial charge in [0.05, 0.1) is 25.5 Å². The minimum atomic E-state index is -0.454. The fourth-order valence-electron chi connectivity index (χ4n) is 2.80. The van der Waals surface area contributed by atoms with Gasteiger partial charge >= 0.3 is 0 Å². The normalized spacial score (nSPS) is 14.3. The van der Waals surface area contributed by atoms with Crippen molar-refractivity contribution in [2.45, 2.75) is 6.54 Å². The molecule has 1 amide bonds. The van der Waals surface area contributed by atoms with E-state index in [1.54, 1.807) is 30.5 Å². The predicted molar refractivity (Wildman–Crippen MR) is 111 cm³/mol. The number of nitrogens with one attached hydrogen (secondary N) is 1. The molecule has 1 aromatic carbocycles. The van der Waals surface area contributed by atoms with Crippen LogP contribution in [0.15, 0.2) is 35.3 Å². The number of amides is 1. The fourth-order valence-corrected chi connectivity index (χ4v) is 2.80. The van der Waals surface area contributed by atoms with Crippen molar-refractivity contribution >= 4 is 18.1 Å². The van der Waals surface area contributed by atoms with Crippen LogP contribution in [-0.4, -0.2) is 68.6 Å². The summed E-state index contributed by atoms with van der Waals surface area (Å²) in [7, 11) is 1.87. The van der Waals surface area contributed by atoms with Crippen LogP contribution in [0.3, 0.4) is 0 Å². The molecule has 1 aromatic heterocycles. The standard InChI is InChI=1S/C20H26N6O3/c1-22-5-8-29-18-12-17(24-20(25-18)26-6-9-28-10-7-26)14-23-13-15-3-2-4-16(11-15)19(21)27/h2-4,11-12,14,22H,5-10,13H2,1H3,(H2,21,27). The van der Waals surface area contributed by atoms with E-state index >= 15 is 0 Å². The van der Waals surface area contributed by atoms with Crippen LogP contribution in [-0.2, 0) is 11.3 Å². The van der Waals surface area contributed by atoms with Gasteiger partial charge in [0.1, 0.15) is 6.61 Å². The highest BCUT2D eigenvalue weighted by molar-refractivity contribution is 5.92. The monoisotopic (exact) mass is 398 g/mol. The topological polar surface area (TPSA) is 115 Å². The first-order valence-electron chi connectivity index (χ1n) is 9.53. The Hall–Kier alpha value is -3.04. The summed E-state index contributed by atoms with van der Waals surface area (Å²) in [6, 6.07) is 8.88. The van der Waals surface area contributed by atoms with Crippen molar-refractivity contribution in [2.75, 3.05) is 51.4 Å². The quantitative estimate of drug-likeness (QED) is 0.470. The number of benzene rings is 1. The third-order valence-corrected chi connectivity index (χ3v) is 4.32. The second-order valence-electron chi connectivity index (χ2n) is 6.52. The molecule has 0 bridgehead atoms. The third kappa shape index (κ3) is 6.23. The first-order valence-corrected chi connectivity index (χ1v) is 9.53. The van der Waals surface area contributed by atoms with E-state index in [4.69, 9.17) is 15.2 Å². The number of primary amides is 1. The molecule has 1 aliphatic rings. The van der Waals surface area contributed by atoms with E-state index in [-0.39, 0.29) is 0 Å². The van der Waals surface area contributed by atoms with E-state index in [2.05, 4.69) is 25.2 Å². The van der Waals surface area contributed by atoms with Gasteiger partial charge in [0, 0.05) is 37.5 Å². The zero-order valence-corrected chi connectivity index (χ0v) is 16.5. The number of aromatic nitrogens is 2. The second kappa shape index (κ2) is 10.5. The summed E-state index contributed by atoms with van der Waals surface area (Å²) in [5.74, 6) is 0.659. The van der Waals surface area contributed by atoms with Gasteiger partial charge in [-0.1, -0.05) is 12.1 Å². The lowest BCUT2D eigenvalue weighted by atomic mass is 10.1. The van der Waals surface area contributed by atoms with Gasteiger partial charge in [-0.05, 0) is 24.7 Å². The lowest BCUT2D eigenvalue weighted by Gasteiger charge is -2.27. The van der Waals surface area contributed by atoms with Gasteiger partial charge in [-0.15, -0.1) is 0 Å². The Morgan fingerprint density at radius 3 is 2.93 bits per heavy atom. The number of hydrogen-bond acceptors (Lipinski definition) is 8. The van der Waals surface area contributed by atoms with Crippen LogP contribution in [0.2, 0.25) is 0 Å². The van der Waals surface area contributed by atoms with Crippen LogP contribution in [0, 0.1) is 0 Å². The van der Waals surface area contributed by atoms with Crippen LogP contribution in [0.4, 0.5) is 5.95 Å². The maximum atomic E-state index is 11.3. The molecule has 1 fully saturated rings. The molecule has 0 spiro atoms. The number of ether oxygens (including phenoxy) is 2. The largest absolute Gasteiger partial charge is 0.476 e. The van der Waals surface area contributed by atoms with Crippen molar-refractivity contribution in [3.8, 4) is 5.88 Å². The van der Waals surface area contributed by atoms with Crippen molar-refractivity contribution in [3.05, 3.63) is 47.2 Å². The van der Waals surface area contributed by atoms with E-state index in [0.717, 1.165) is 25.2 Å². The molecule has 0 saturated carbocycles. The molecule has 9 heteroatoms. The second-order valence-corrected chi connectivity index (χ2v) is 6.52. The van der Waals surface area contributed by atoms with Crippen LogP contribution < -0.4 is 20.7 Å². The number of morpholine rings is 1. The molecule has 0 aliphatic carbocycles. The molecule has 3 N–H and O–H groups in total. The Balaban J connectivity index is 1.75. The van der Waals surface area contributed by atoms with E-state index in [1.165, 1.54) is 0 Å². The summed E-state index contributed by atoms with van der Waals surface area (Å²) in [6.07, 6.45) is 1.69. The first kappa shape index (κ1) is 20.7. The van der Waals surface area contributed by atoms with Crippen LogP contribution in [0.1, 0.15) is 21.6 Å².